The fourth-order valence-corrected chi connectivity index (χ4v) is 4.12. The van der Waals surface area contributed by atoms with E-state index in [1.165, 1.54) is 11.8 Å². The second kappa shape index (κ2) is 12.6. The molecule has 4 rings (SSSR count). The first-order valence-corrected chi connectivity index (χ1v) is 11.3. The number of likely N-dealkylation sites (tertiary alicyclic amines) is 1. The first kappa shape index (κ1) is 25.8. The molecule has 2 atom stereocenters. The van der Waals surface area contributed by atoms with Crippen molar-refractivity contribution in [3.8, 4) is 0 Å². The SMILES string of the molecule is CN=C(NCc1ccc(NC(=O)c2ccco2)cc1)NC1CC(C)N(Cc2ccccc2)C1.I. The summed E-state index contributed by atoms with van der Waals surface area (Å²) in [5.74, 6) is 0.825. The van der Waals surface area contributed by atoms with Gasteiger partial charge in [0.25, 0.3) is 5.91 Å². The molecule has 2 aromatic carbocycles. The second-order valence-corrected chi connectivity index (χ2v) is 8.40. The van der Waals surface area contributed by atoms with E-state index in [0.29, 0.717) is 24.4 Å². The number of aliphatic imine (C=N–C) groups is 1. The lowest BCUT2D eigenvalue weighted by molar-refractivity contribution is 0.0996. The molecule has 7 nitrogen and oxygen atoms in total. The van der Waals surface area contributed by atoms with E-state index in [4.69, 9.17) is 4.42 Å². The molecule has 1 amide bonds. The Labute approximate surface area is 218 Å². The summed E-state index contributed by atoms with van der Waals surface area (Å²) in [6.45, 7) is 4.88. The Bertz CT molecular complexity index is 1050. The zero-order valence-corrected chi connectivity index (χ0v) is 21.9. The average molecular weight is 573 g/mol. The third-order valence-electron chi connectivity index (χ3n) is 5.91. The van der Waals surface area contributed by atoms with Crippen LogP contribution in [0.3, 0.4) is 0 Å². The Hall–Kier alpha value is -2.85. The molecule has 0 aliphatic carbocycles. The summed E-state index contributed by atoms with van der Waals surface area (Å²) < 4.78 is 5.12. The minimum atomic E-state index is -0.262. The van der Waals surface area contributed by atoms with E-state index in [0.717, 1.165) is 36.7 Å². The maximum atomic E-state index is 12.1. The molecule has 180 valence electrons. The van der Waals surface area contributed by atoms with Crippen molar-refractivity contribution in [2.24, 2.45) is 4.99 Å². The summed E-state index contributed by atoms with van der Waals surface area (Å²) in [4.78, 5) is 19.0. The highest BCUT2D eigenvalue weighted by atomic mass is 127. The number of rotatable bonds is 7. The highest BCUT2D eigenvalue weighted by Gasteiger charge is 2.29. The van der Waals surface area contributed by atoms with Gasteiger partial charge in [0.15, 0.2) is 11.7 Å². The van der Waals surface area contributed by atoms with Gasteiger partial charge in [0.2, 0.25) is 0 Å². The molecule has 1 saturated heterocycles. The third kappa shape index (κ3) is 7.07. The molecule has 1 fully saturated rings. The number of nitrogens with zero attached hydrogens (tertiary/aromatic N) is 2. The van der Waals surface area contributed by atoms with Crippen LogP contribution in [0.2, 0.25) is 0 Å². The minimum absolute atomic E-state index is 0. The number of furan rings is 1. The molecule has 3 N–H and O–H groups in total. The molecule has 2 unspecified atom stereocenters. The van der Waals surface area contributed by atoms with Crippen LogP contribution >= 0.6 is 24.0 Å². The molecular formula is C26H32IN5O2. The molecule has 1 aliphatic rings. The molecular weight excluding hydrogens is 541 g/mol. The van der Waals surface area contributed by atoms with Crippen LogP contribution in [0.25, 0.3) is 0 Å². The Morgan fingerprint density at radius 3 is 2.50 bits per heavy atom. The van der Waals surface area contributed by atoms with E-state index in [2.05, 4.69) is 63.1 Å². The summed E-state index contributed by atoms with van der Waals surface area (Å²) in [6, 6.07) is 22.5. The van der Waals surface area contributed by atoms with Gasteiger partial charge in [0.1, 0.15) is 0 Å². The van der Waals surface area contributed by atoms with Gasteiger partial charge in [-0.15, -0.1) is 24.0 Å². The summed E-state index contributed by atoms with van der Waals surface area (Å²) >= 11 is 0. The standard InChI is InChI=1S/C26H31N5O2.HI/c1-19-15-23(18-31(19)17-21-7-4-3-5-8-21)30-26(27-2)28-16-20-10-12-22(13-11-20)29-25(32)24-9-6-14-33-24;/h3-14,19,23H,15-18H2,1-2H3,(H,29,32)(H2,27,28,30);1H. The van der Waals surface area contributed by atoms with Crippen LogP contribution < -0.4 is 16.0 Å². The van der Waals surface area contributed by atoms with Crippen molar-refractivity contribution in [3.63, 3.8) is 0 Å². The van der Waals surface area contributed by atoms with Crippen molar-refractivity contribution in [2.75, 3.05) is 18.9 Å². The molecule has 34 heavy (non-hydrogen) atoms. The summed E-state index contributed by atoms with van der Waals surface area (Å²) in [7, 11) is 1.79. The van der Waals surface area contributed by atoms with Gasteiger partial charge in [0, 0.05) is 44.5 Å². The predicted octanol–water partition coefficient (Wildman–Crippen LogP) is 4.48. The molecule has 0 spiro atoms. The number of guanidine groups is 1. The van der Waals surface area contributed by atoms with E-state index in [9.17, 15) is 4.79 Å². The third-order valence-corrected chi connectivity index (χ3v) is 5.91. The van der Waals surface area contributed by atoms with Crippen LogP contribution in [0.5, 0.6) is 0 Å². The van der Waals surface area contributed by atoms with Crippen molar-refractivity contribution in [2.45, 2.75) is 38.5 Å². The van der Waals surface area contributed by atoms with Crippen LogP contribution in [0, 0.1) is 0 Å². The molecule has 1 aliphatic heterocycles. The van der Waals surface area contributed by atoms with E-state index in [1.54, 1.807) is 19.2 Å². The van der Waals surface area contributed by atoms with Gasteiger partial charge in [-0.05, 0) is 48.7 Å². The van der Waals surface area contributed by atoms with Crippen molar-refractivity contribution in [1.82, 2.24) is 15.5 Å². The molecule has 1 aromatic heterocycles. The number of anilines is 1. The zero-order chi connectivity index (χ0) is 23.0. The quantitative estimate of drug-likeness (QED) is 0.221. The molecule has 3 aromatic rings. The topological polar surface area (TPSA) is 81.9 Å². The van der Waals surface area contributed by atoms with E-state index in [-0.39, 0.29) is 29.9 Å². The van der Waals surface area contributed by atoms with Gasteiger partial charge < -0.3 is 20.4 Å². The largest absolute Gasteiger partial charge is 0.459 e. The van der Waals surface area contributed by atoms with Crippen molar-refractivity contribution >= 4 is 41.5 Å². The summed E-state index contributed by atoms with van der Waals surface area (Å²) in [5, 5.41) is 9.79. The molecule has 8 heteroatoms. The zero-order valence-electron chi connectivity index (χ0n) is 19.5. The lowest BCUT2D eigenvalue weighted by atomic mass is 10.2. The van der Waals surface area contributed by atoms with Gasteiger partial charge in [-0.1, -0.05) is 42.5 Å². The normalized spacial score (nSPS) is 18.2. The van der Waals surface area contributed by atoms with E-state index >= 15 is 0 Å². The number of carbonyl (C=O) groups is 1. The highest BCUT2D eigenvalue weighted by molar-refractivity contribution is 14.0. The summed E-state index contributed by atoms with van der Waals surface area (Å²) in [6.07, 6.45) is 2.56. The number of benzene rings is 2. The second-order valence-electron chi connectivity index (χ2n) is 8.40. The maximum absolute atomic E-state index is 12.1. The number of amides is 1. The first-order chi connectivity index (χ1) is 16.1. The lowest BCUT2D eigenvalue weighted by Gasteiger charge is -2.21. The van der Waals surface area contributed by atoms with Gasteiger partial charge in [-0.2, -0.15) is 0 Å². The smallest absolute Gasteiger partial charge is 0.291 e. The van der Waals surface area contributed by atoms with Crippen molar-refractivity contribution in [3.05, 3.63) is 89.9 Å². The van der Waals surface area contributed by atoms with Crippen LogP contribution in [-0.4, -0.2) is 42.4 Å². The molecule has 0 radical (unpaired) electrons. The number of halogens is 1. The predicted molar refractivity (Wildman–Crippen MR) is 147 cm³/mol. The van der Waals surface area contributed by atoms with Crippen molar-refractivity contribution in [1.29, 1.82) is 0 Å². The van der Waals surface area contributed by atoms with Crippen LogP contribution in [0.1, 0.15) is 35.0 Å². The number of hydrogen-bond donors (Lipinski definition) is 3. The van der Waals surface area contributed by atoms with Gasteiger partial charge in [-0.25, -0.2) is 0 Å². The summed E-state index contributed by atoms with van der Waals surface area (Å²) in [5.41, 5.74) is 3.16. The van der Waals surface area contributed by atoms with Gasteiger partial charge in [0.05, 0.1) is 6.26 Å². The molecule has 0 bridgehead atoms. The fraction of sp³-hybridized carbons (Fsp3) is 0.308. The fourth-order valence-electron chi connectivity index (χ4n) is 4.12. The number of hydrogen-bond acceptors (Lipinski definition) is 4. The van der Waals surface area contributed by atoms with Crippen LogP contribution in [-0.2, 0) is 13.1 Å². The highest BCUT2D eigenvalue weighted by Crippen LogP contribution is 2.20. The minimum Gasteiger partial charge on any atom is -0.459 e. The maximum Gasteiger partial charge on any atom is 0.291 e. The lowest BCUT2D eigenvalue weighted by Crippen LogP contribution is -2.44. The van der Waals surface area contributed by atoms with Gasteiger partial charge in [-0.3, -0.25) is 14.7 Å². The Kier molecular flexibility index (Phi) is 9.52. The number of nitrogens with one attached hydrogen (secondary N) is 3. The van der Waals surface area contributed by atoms with Crippen molar-refractivity contribution < 1.29 is 9.21 Å². The Morgan fingerprint density at radius 2 is 1.82 bits per heavy atom. The molecule has 2 heterocycles. The Morgan fingerprint density at radius 1 is 1.06 bits per heavy atom. The average Bonchev–Trinajstić information content (AvgIpc) is 3.49. The van der Waals surface area contributed by atoms with E-state index in [1.807, 2.05) is 24.3 Å². The van der Waals surface area contributed by atoms with Crippen LogP contribution in [0.15, 0.2) is 82.4 Å². The Balaban J connectivity index is 0.00000324. The van der Waals surface area contributed by atoms with Gasteiger partial charge >= 0.3 is 0 Å². The van der Waals surface area contributed by atoms with Crippen LogP contribution in [0.4, 0.5) is 5.69 Å². The number of carbonyl (C=O) groups excluding carboxylic acids is 1. The van der Waals surface area contributed by atoms with E-state index < -0.39 is 0 Å². The first-order valence-electron chi connectivity index (χ1n) is 11.3. The molecule has 0 saturated carbocycles. The monoisotopic (exact) mass is 573 g/mol.